The van der Waals surface area contributed by atoms with Gasteiger partial charge in [0.15, 0.2) is 11.3 Å². The molecule has 0 spiro atoms. The van der Waals surface area contributed by atoms with E-state index in [-0.39, 0.29) is 11.6 Å². The molecule has 0 bridgehead atoms. The van der Waals surface area contributed by atoms with Crippen LogP contribution in [0.25, 0.3) is 28.2 Å². The number of aromatic amines is 1. The van der Waals surface area contributed by atoms with Gasteiger partial charge in [0.25, 0.3) is 0 Å². The van der Waals surface area contributed by atoms with Crippen LogP contribution in [0.15, 0.2) is 96.3 Å². The van der Waals surface area contributed by atoms with E-state index in [9.17, 15) is 14.7 Å². The first-order valence-corrected chi connectivity index (χ1v) is 9.86. The van der Waals surface area contributed by atoms with Gasteiger partial charge in [0.1, 0.15) is 5.65 Å². The van der Waals surface area contributed by atoms with Crippen molar-refractivity contribution in [2.24, 2.45) is 0 Å². The summed E-state index contributed by atoms with van der Waals surface area (Å²) in [5.41, 5.74) is 3.57. The molecule has 0 fully saturated rings. The molecule has 2 aromatic carbocycles. The van der Waals surface area contributed by atoms with Gasteiger partial charge in [-0.25, -0.2) is 9.78 Å². The first-order valence-electron chi connectivity index (χ1n) is 9.86. The molecule has 3 N–H and O–H groups in total. The second-order valence-corrected chi connectivity index (χ2v) is 7.16. The highest BCUT2D eigenvalue weighted by molar-refractivity contribution is 6.26. The maximum absolute atomic E-state index is 12.8. The Kier molecular flexibility index (Phi) is 4.76. The highest BCUT2D eigenvalue weighted by Gasteiger charge is 2.36. The number of nitrogens with one attached hydrogen (secondary N) is 2. The first kappa shape index (κ1) is 19.3. The van der Waals surface area contributed by atoms with Crippen LogP contribution in [-0.2, 0) is 14.3 Å². The molecule has 0 radical (unpaired) electrons. The van der Waals surface area contributed by atoms with Crippen molar-refractivity contribution in [1.82, 2.24) is 9.97 Å². The highest BCUT2D eigenvalue weighted by atomic mass is 16.5. The number of nitrogens with zero attached hydrogens (tertiary/aromatic N) is 1. The minimum atomic E-state index is -1.36. The molecule has 1 aliphatic rings. The van der Waals surface area contributed by atoms with Gasteiger partial charge in [0.2, 0.25) is 11.7 Å². The van der Waals surface area contributed by atoms with E-state index in [0.717, 1.165) is 16.5 Å². The second-order valence-electron chi connectivity index (χ2n) is 7.16. The minimum absolute atomic E-state index is 0.0736. The molecule has 7 nitrogen and oxygen atoms in total. The molecule has 0 saturated carbocycles. The van der Waals surface area contributed by atoms with Gasteiger partial charge in [-0.1, -0.05) is 42.5 Å². The lowest BCUT2D eigenvalue weighted by atomic mass is 10.1. The topological polar surface area (TPSA) is 104 Å². The fourth-order valence-corrected chi connectivity index (χ4v) is 3.56. The smallest absolute Gasteiger partial charge is 0.345 e. The van der Waals surface area contributed by atoms with Gasteiger partial charge < -0.3 is 20.1 Å². The van der Waals surface area contributed by atoms with Crippen molar-refractivity contribution < 1.29 is 19.4 Å². The van der Waals surface area contributed by atoms with Crippen LogP contribution in [0.4, 0.5) is 5.69 Å². The van der Waals surface area contributed by atoms with E-state index >= 15 is 0 Å². The van der Waals surface area contributed by atoms with Crippen molar-refractivity contribution in [2.75, 3.05) is 5.32 Å². The largest absolute Gasteiger partial charge is 0.477 e. The molecular formula is C25H17N3O4. The number of carboxylic acids is 1. The average Bonchev–Trinajstić information content (AvgIpc) is 3.36. The molecule has 2 aromatic heterocycles. The Bertz CT molecular complexity index is 1400. The number of carbonyl (C=O) groups is 2. The number of hydrogen-bond donors (Lipinski definition) is 3. The van der Waals surface area contributed by atoms with Gasteiger partial charge in [-0.3, -0.25) is 4.79 Å². The third-order valence-corrected chi connectivity index (χ3v) is 5.12. The molecule has 156 valence electrons. The second kappa shape index (κ2) is 7.88. The molecule has 32 heavy (non-hydrogen) atoms. The summed E-state index contributed by atoms with van der Waals surface area (Å²) in [4.78, 5) is 31.7. The van der Waals surface area contributed by atoms with Crippen LogP contribution in [0, 0.1) is 0 Å². The number of benzene rings is 2. The number of pyridine rings is 1. The Hall–Kier alpha value is -4.65. The monoisotopic (exact) mass is 423 g/mol. The number of ketones is 1. The summed E-state index contributed by atoms with van der Waals surface area (Å²) < 4.78 is 5.65. The summed E-state index contributed by atoms with van der Waals surface area (Å²) in [5.74, 6) is -2.24. The normalized spacial score (nSPS) is 14.8. The van der Waals surface area contributed by atoms with Crippen LogP contribution in [0.2, 0.25) is 0 Å². The third kappa shape index (κ3) is 3.52. The van der Waals surface area contributed by atoms with Crippen LogP contribution in [-0.4, -0.2) is 26.8 Å². The van der Waals surface area contributed by atoms with E-state index in [0.29, 0.717) is 16.9 Å². The van der Waals surface area contributed by atoms with Gasteiger partial charge in [0.05, 0.1) is 0 Å². The number of anilines is 1. The Morgan fingerprint density at radius 3 is 2.50 bits per heavy atom. The number of allylic oxidation sites excluding steroid dienone is 1. The van der Waals surface area contributed by atoms with E-state index in [1.807, 2.05) is 48.5 Å². The van der Waals surface area contributed by atoms with E-state index in [1.54, 1.807) is 30.6 Å². The number of fused-ring (bicyclic) bond motifs is 1. The van der Waals surface area contributed by atoms with Gasteiger partial charge in [-0.15, -0.1) is 0 Å². The Morgan fingerprint density at radius 2 is 1.75 bits per heavy atom. The van der Waals surface area contributed by atoms with E-state index in [2.05, 4.69) is 15.3 Å². The Labute approximate surface area is 182 Å². The van der Waals surface area contributed by atoms with Gasteiger partial charge in [-0.2, -0.15) is 0 Å². The molecule has 5 rings (SSSR count). The molecule has 7 heteroatoms. The van der Waals surface area contributed by atoms with Crippen LogP contribution >= 0.6 is 0 Å². The zero-order valence-corrected chi connectivity index (χ0v) is 16.7. The summed E-state index contributed by atoms with van der Waals surface area (Å²) >= 11 is 0. The molecule has 3 heterocycles. The fraction of sp³-hybridized carbons (Fsp3) is 0. The summed E-state index contributed by atoms with van der Waals surface area (Å²) in [6, 6.07) is 20.9. The third-order valence-electron chi connectivity index (χ3n) is 5.12. The molecule has 0 aliphatic carbocycles. The average molecular weight is 423 g/mol. The lowest BCUT2D eigenvalue weighted by Crippen LogP contribution is -2.12. The van der Waals surface area contributed by atoms with Crippen molar-refractivity contribution in [3.8, 4) is 11.1 Å². The summed E-state index contributed by atoms with van der Waals surface area (Å²) in [6.45, 7) is 0. The maximum atomic E-state index is 12.8. The lowest BCUT2D eigenvalue weighted by Gasteiger charge is -2.09. The predicted octanol–water partition coefficient (Wildman–Crippen LogP) is 4.58. The van der Waals surface area contributed by atoms with Crippen LogP contribution in [0.1, 0.15) is 5.56 Å². The number of aromatic nitrogens is 2. The number of rotatable bonds is 5. The van der Waals surface area contributed by atoms with Crippen molar-refractivity contribution in [1.29, 1.82) is 0 Å². The molecule has 4 aromatic rings. The van der Waals surface area contributed by atoms with E-state index in [4.69, 9.17) is 4.74 Å². The molecule has 0 saturated heterocycles. The number of ether oxygens (including phenoxy) is 1. The van der Waals surface area contributed by atoms with Crippen LogP contribution in [0.3, 0.4) is 0 Å². The molecule has 0 atom stereocenters. The van der Waals surface area contributed by atoms with Crippen molar-refractivity contribution in [3.05, 3.63) is 102 Å². The lowest BCUT2D eigenvalue weighted by molar-refractivity contribution is -0.134. The van der Waals surface area contributed by atoms with Crippen molar-refractivity contribution >= 4 is 34.5 Å². The zero-order valence-electron chi connectivity index (χ0n) is 16.7. The maximum Gasteiger partial charge on any atom is 0.345 e. The molecule has 0 amide bonds. The minimum Gasteiger partial charge on any atom is -0.477 e. The SMILES string of the molecule is O=C(O)C1=C(Nc2ccc(-c3ccccc3)cc2)O/C(=C\c2c[nH]c3ncccc23)C1=O. The van der Waals surface area contributed by atoms with Gasteiger partial charge >= 0.3 is 5.97 Å². The molecule has 0 unspecified atom stereocenters. The van der Waals surface area contributed by atoms with Crippen LogP contribution < -0.4 is 5.32 Å². The van der Waals surface area contributed by atoms with Crippen molar-refractivity contribution in [2.45, 2.75) is 0 Å². The number of aliphatic carboxylic acids is 1. The zero-order chi connectivity index (χ0) is 22.1. The van der Waals surface area contributed by atoms with E-state index < -0.39 is 17.3 Å². The summed E-state index contributed by atoms with van der Waals surface area (Å²) in [7, 11) is 0. The summed E-state index contributed by atoms with van der Waals surface area (Å²) in [5, 5.41) is 13.3. The Balaban J connectivity index is 1.43. The highest BCUT2D eigenvalue weighted by Crippen LogP contribution is 2.30. The van der Waals surface area contributed by atoms with Gasteiger partial charge in [-0.05, 0) is 41.5 Å². The number of H-pyrrole nitrogens is 1. The summed E-state index contributed by atoms with van der Waals surface area (Å²) in [6.07, 6.45) is 4.86. The predicted molar refractivity (Wildman–Crippen MR) is 120 cm³/mol. The Morgan fingerprint density at radius 1 is 1.00 bits per heavy atom. The van der Waals surface area contributed by atoms with Crippen LogP contribution in [0.5, 0.6) is 0 Å². The molecular weight excluding hydrogens is 406 g/mol. The number of carbonyl (C=O) groups excluding carboxylic acids is 1. The number of Topliss-reactive ketones (excluding diaryl/α,β-unsaturated/α-hetero) is 1. The molecule has 1 aliphatic heterocycles. The standard InChI is InChI=1S/C25H17N3O4/c29-22-20(13-17-14-27-23-19(17)7-4-12-26-23)32-24(21(22)25(30)31)28-18-10-8-16(9-11-18)15-5-2-1-3-6-15/h1-14,28H,(H,26,27)(H,30,31)/b20-13-. The first-order chi connectivity index (χ1) is 15.6. The van der Waals surface area contributed by atoms with E-state index in [1.165, 1.54) is 6.08 Å². The number of hydrogen-bond acceptors (Lipinski definition) is 5. The fourth-order valence-electron chi connectivity index (χ4n) is 3.56. The van der Waals surface area contributed by atoms with Crippen molar-refractivity contribution in [3.63, 3.8) is 0 Å². The van der Waals surface area contributed by atoms with Gasteiger partial charge in [0, 0.05) is 29.0 Å². The number of carboxylic acid groups (broad SMARTS) is 1. The quantitative estimate of drug-likeness (QED) is 0.321.